The zero-order valence-corrected chi connectivity index (χ0v) is 11.7. The summed E-state index contributed by atoms with van der Waals surface area (Å²) in [5.74, 6) is -0.110. The van der Waals surface area contributed by atoms with Crippen molar-refractivity contribution in [3.63, 3.8) is 0 Å². The molecule has 2 amide bonds. The Balaban J connectivity index is 1.72. The number of likely N-dealkylation sites (N-methyl/N-ethyl adjacent to an activating group) is 1. The van der Waals surface area contributed by atoms with Crippen molar-refractivity contribution in [2.24, 2.45) is 0 Å². The van der Waals surface area contributed by atoms with Gasteiger partial charge >= 0.3 is 0 Å². The van der Waals surface area contributed by atoms with Crippen molar-refractivity contribution < 1.29 is 9.59 Å². The maximum absolute atomic E-state index is 12.1. The van der Waals surface area contributed by atoms with Crippen LogP contribution in [-0.2, 0) is 17.8 Å². The van der Waals surface area contributed by atoms with Crippen molar-refractivity contribution in [2.75, 3.05) is 11.9 Å². The number of hydrogen-bond donors (Lipinski definition) is 1. The third-order valence-electron chi connectivity index (χ3n) is 3.58. The lowest BCUT2D eigenvalue weighted by Crippen LogP contribution is -2.23. The van der Waals surface area contributed by atoms with Crippen molar-refractivity contribution in [3.8, 4) is 0 Å². The second-order valence-corrected chi connectivity index (χ2v) is 4.98. The molecule has 1 aromatic carbocycles. The molecule has 0 atom stereocenters. The van der Waals surface area contributed by atoms with E-state index in [1.54, 1.807) is 30.3 Å². The van der Waals surface area contributed by atoms with Gasteiger partial charge in [-0.05, 0) is 35.9 Å². The number of carbonyl (C=O) groups is 2. The Labute approximate surface area is 122 Å². The van der Waals surface area contributed by atoms with Crippen LogP contribution < -0.4 is 10.2 Å². The van der Waals surface area contributed by atoms with Gasteiger partial charge in [0.25, 0.3) is 5.91 Å². The predicted octanol–water partition coefficient (Wildman–Crippen LogP) is 1.53. The topological polar surface area (TPSA) is 62.3 Å². The van der Waals surface area contributed by atoms with Crippen LogP contribution in [0.3, 0.4) is 0 Å². The third-order valence-corrected chi connectivity index (χ3v) is 3.58. The number of fused-ring (bicyclic) bond motifs is 1. The van der Waals surface area contributed by atoms with E-state index in [2.05, 4.69) is 10.3 Å². The Morgan fingerprint density at radius 3 is 2.95 bits per heavy atom. The maximum Gasteiger partial charge on any atom is 0.251 e. The molecule has 1 N–H and O–H groups in total. The van der Waals surface area contributed by atoms with E-state index in [0.717, 1.165) is 16.9 Å². The summed E-state index contributed by atoms with van der Waals surface area (Å²) in [6.07, 6.45) is 2.05. The number of rotatable bonds is 3. The van der Waals surface area contributed by atoms with E-state index in [0.29, 0.717) is 18.5 Å². The van der Waals surface area contributed by atoms with Crippen molar-refractivity contribution in [1.82, 2.24) is 10.3 Å². The van der Waals surface area contributed by atoms with Gasteiger partial charge in [-0.3, -0.25) is 14.6 Å². The molecule has 2 aromatic rings. The van der Waals surface area contributed by atoms with E-state index in [4.69, 9.17) is 0 Å². The average Bonchev–Trinajstić information content (AvgIpc) is 2.80. The quantitative estimate of drug-likeness (QED) is 0.928. The van der Waals surface area contributed by atoms with Gasteiger partial charge in [0.05, 0.1) is 18.7 Å². The first-order valence-electron chi connectivity index (χ1n) is 6.73. The predicted molar refractivity (Wildman–Crippen MR) is 79.0 cm³/mol. The zero-order chi connectivity index (χ0) is 14.8. The number of pyridine rings is 1. The molecule has 1 aliphatic heterocycles. The molecule has 0 saturated carbocycles. The first-order chi connectivity index (χ1) is 10.1. The minimum absolute atomic E-state index is 0.0519. The van der Waals surface area contributed by atoms with E-state index in [9.17, 15) is 9.59 Å². The summed E-state index contributed by atoms with van der Waals surface area (Å²) in [7, 11) is 1.75. The average molecular weight is 281 g/mol. The lowest BCUT2D eigenvalue weighted by molar-refractivity contribution is -0.117. The monoisotopic (exact) mass is 281 g/mol. The molecule has 0 spiro atoms. The van der Waals surface area contributed by atoms with Crippen molar-refractivity contribution in [1.29, 1.82) is 0 Å². The highest BCUT2D eigenvalue weighted by Gasteiger charge is 2.24. The van der Waals surface area contributed by atoms with E-state index < -0.39 is 0 Å². The van der Waals surface area contributed by atoms with Crippen LogP contribution in [0, 0.1) is 0 Å². The second kappa shape index (κ2) is 5.36. The van der Waals surface area contributed by atoms with Crippen LogP contribution in [0.15, 0.2) is 42.6 Å². The van der Waals surface area contributed by atoms with Gasteiger partial charge in [0, 0.05) is 24.5 Å². The molecule has 3 rings (SSSR count). The third kappa shape index (κ3) is 2.63. The number of nitrogens with zero attached hydrogens (tertiary/aromatic N) is 2. The summed E-state index contributed by atoms with van der Waals surface area (Å²) < 4.78 is 0. The smallest absolute Gasteiger partial charge is 0.251 e. The molecule has 0 unspecified atom stereocenters. The molecule has 1 aromatic heterocycles. The minimum atomic E-state index is -0.162. The highest BCUT2D eigenvalue weighted by Crippen LogP contribution is 2.28. The number of carbonyl (C=O) groups excluding carboxylic acids is 2. The largest absolute Gasteiger partial charge is 0.346 e. The molecule has 5 heteroatoms. The number of hydrogen-bond acceptors (Lipinski definition) is 3. The van der Waals surface area contributed by atoms with Crippen LogP contribution in [0.25, 0.3) is 0 Å². The fourth-order valence-electron chi connectivity index (χ4n) is 2.39. The molecule has 5 nitrogen and oxygen atoms in total. The fraction of sp³-hybridized carbons (Fsp3) is 0.188. The highest BCUT2D eigenvalue weighted by molar-refractivity contribution is 6.03. The Hall–Kier alpha value is -2.69. The summed E-state index contributed by atoms with van der Waals surface area (Å²) in [4.78, 5) is 29.6. The van der Waals surface area contributed by atoms with Crippen LogP contribution >= 0.6 is 0 Å². The van der Waals surface area contributed by atoms with Crippen molar-refractivity contribution >= 4 is 17.5 Å². The number of anilines is 1. The molecule has 2 heterocycles. The van der Waals surface area contributed by atoms with Crippen molar-refractivity contribution in [3.05, 3.63) is 59.4 Å². The molecule has 0 aliphatic carbocycles. The highest BCUT2D eigenvalue weighted by atomic mass is 16.2. The SMILES string of the molecule is CN1C(=O)Cc2cc(C(=O)NCc3ccccn3)ccc21. The minimum Gasteiger partial charge on any atom is -0.346 e. The summed E-state index contributed by atoms with van der Waals surface area (Å²) in [5.41, 5.74) is 3.14. The van der Waals surface area contributed by atoms with Gasteiger partial charge in [-0.2, -0.15) is 0 Å². The number of benzene rings is 1. The Morgan fingerprint density at radius 1 is 1.33 bits per heavy atom. The molecular weight excluding hydrogens is 266 g/mol. The molecule has 0 fully saturated rings. The Kier molecular flexibility index (Phi) is 3.39. The first-order valence-corrected chi connectivity index (χ1v) is 6.73. The first kappa shape index (κ1) is 13.3. The van der Waals surface area contributed by atoms with Crippen molar-refractivity contribution in [2.45, 2.75) is 13.0 Å². The van der Waals surface area contributed by atoms with Crippen LogP contribution in [0.4, 0.5) is 5.69 Å². The Bertz CT molecular complexity index is 698. The molecular formula is C16H15N3O2. The van der Waals surface area contributed by atoms with Gasteiger partial charge in [0.2, 0.25) is 5.91 Å². The maximum atomic E-state index is 12.1. The van der Waals surface area contributed by atoms with E-state index in [1.807, 2.05) is 24.3 Å². The van der Waals surface area contributed by atoms with Crippen LogP contribution in [0.1, 0.15) is 21.6 Å². The second-order valence-electron chi connectivity index (χ2n) is 4.98. The van der Waals surface area contributed by atoms with E-state index in [-0.39, 0.29) is 11.8 Å². The van der Waals surface area contributed by atoms with E-state index >= 15 is 0 Å². The van der Waals surface area contributed by atoms with Gasteiger partial charge < -0.3 is 10.2 Å². The van der Waals surface area contributed by atoms with Gasteiger partial charge in [0.15, 0.2) is 0 Å². The van der Waals surface area contributed by atoms with E-state index in [1.165, 1.54) is 0 Å². The van der Waals surface area contributed by atoms with Crippen LogP contribution in [0.5, 0.6) is 0 Å². The van der Waals surface area contributed by atoms with Gasteiger partial charge in [0.1, 0.15) is 0 Å². The standard InChI is InChI=1S/C16H15N3O2/c1-19-14-6-5-11(8-12(14)9-15(19)20)16(21)18-10-13-4-2-3-7-17-13/h2-8H,9-10H2,1H3,(H,18,21). The van der Waals surface area contributed by atoms with Gasteiger partial charge in [-0.1, -0.05) is 6.07 Å². The van der Waals surface area contributed by atoms with Crippen LogP contribution in [-0.4, -0.2) is 23.8 Å². The molecule has 106 valence electrons. The molecule has 1 aliphatic rings. The number of aromatic nitrogens is 1. The molecule has 21 heavy (non-hydrogen) atoms. The zero-order valence-electron chi connectivity index (χ0n) is 11.7. The Morgan fingerprint density at radius 2 is 2.19 bits per heavy atom. The van der Waals surface area contributed by atoms with Gasteiger partial charge in [-0.25, -0.2) is 0 Å². The summed E-state index contributed by atoms with van der Waals surface area (Å²) in [6, 6.07) is 10.9. The molecule has 0 radical (unpaired) electrons. The van der Waals surface area contributed by atoms with Gasteiger partial charge in [-0.15, -0.1) is 0 Å². The molecule has 0 bridgehead atoms. The number of nitrogens with one attached hydrogen (secondary N) is 1. The summed E-state index contributed by atoms with van der Waals surface area (Å²) in [6.45, 7) is 0.385. The molecule has 0 saturated heterocycles. The lowest BCUT2D eigenvalue weighted by atomic mass is 10.1. The summed E-state index contributed by atoms with van der Waals surface area (Å²) >= 11 is 0. The normalized spacial score (nSPS) is 13.2. The fourth-order valence-corrected chi connectivity index (χ4v) is 2.39. The number of amides is 2. The summed E-state index contributed by atoms with van der Waals surface area (Å²) in [5, 5.41) is 2.83. The lowest BCUT2D eigenvalue weighted by Gasteiger charge is -2.10. The van der Waals surface area contributed by atoms with Crippen LogP contribution in [0.2, 0.25) is 0 Å².